The minimum absolute atomic E-state index is 0.253. The first-order chi connectivity index (χ1) is 25.6. The number of carboxylic acids is 1. The Morgan fingerprint density at radius 2 is 1.70 bits per heavy atom. The minimum atomic E-state index is -5.08. The highest BCUT2D eigenvalue weighted by atomic mass is 19.4. The fourth-order valence-corrected chi connectivity index (χ4v) is 6.55. The quantitative estimate of drug-likeness (QED) is 0.146. The lowest BCUT2D eigenvalue weighted by molar-refractivity contribution is -0.192. The molecule has 2 fully saturated rings. The van der Waals surface area contributed by atoms with E-state index >= 15 is 0 Å². The van der Waals surface area contributed by atoms with Gasteiger partial charge in [0.1, 0.15) is 29.0 Å². The van der Waals surface area contributed by atoms with E-state index in [1.165, 1.54) is 19.2 Å². The monoisotopic (exact) mass is 752 g/mol. The lowest BCUT2D eigenvalue weighted by Crippen LogP contribution is -2.42. The molecule has 4 heterocycles. The third-order valence-corrected chi connectivity index (χ3v) is 9.18. The fourth-order valence-electron chi connectivity index (χ4n) is 6.55. The number of likely N-dealkylation sites (tertiary alicyclic amines) is 1. The molecule has 1 amide bonds. The van der Waals surface area contributed by atoms with E-state index in [0.717, 1.165) is 64.7 Å². The number of aryl methyl sites for hydroxylation is 1. The first-order valence-corrected chi connectivity index (χ1v) is 17.7. The summed E-state index contributed by atoms with van der Waals surface area (Å²) < 4.78 is 51.8. The minimum Gasteiger partial charge on any atom is -0.489 e. The number of nitrogens with one attached hydrogen (secondary N) is 1. The Balaban J connectivity index is 0.000000649. The van der Waals surface area contributed by atoms with Crippen molar-refractivity contribution in [2.75, 3.05) is 30.7 Å². The predicted molar refractivity (Wildman–Crippen MR) is 194 cm³/mol. The van der Waals surface area contributed by atoms with Crippen molar-refractivity contribution in [1.82, 2.24) is 29.6 Å². The molecular formula is C37H43F3N8O6. The summed E-state index contributed by atoms with van der Waals surface area (Å²) in [6.07, 6.45) is 2.45. The van der Waals surface area contributed by atoms with Crippen molar-refractivity contribution in [3.63, 3.8) is 0 Å². The highest BCUT2D eigenvalue weighted by Crippen LogP contribution is 2.37. The number of carbonyl (C=O) groups excluding carboxylic acids is 1. The summed E-state index contributed by atoms with van der Waals surface area (Å²) >= 11 is 0. The number of rotatable bonds is 7. The van der Waals surface area contributed by atoms with E-state index in [1.54, 1.807) is 4.90 Å². The molecule has 0 radical (unpaired) electrons. The number of nitrogens with zero attached hydrogens (tertiary/aromatic N) is 6. The standard InChI is InChI=1S/C35H42N8O4.C2HF3O2/c1-21-17-26-30(27(18-21)45-19-22-13-15-42(16-14-22)34(44)47-35(2,3)4)46-33(40-26)39-24-11-9-23(10-12-24)29-28-31(36)37-20-38-32(28)43(41-29)25-7-5-6-8-25;3-2(4,5)1(6)7/h9-12,17-18,20,22,25H,5-8,13-16,19H2,1-4H3,(H,39,40)(H2,36,37,38);(H,6,7). The fraction of sp³-hybridized carbons (Fsp3) is 0.459. The summed E-state index contributed by atoms with van der Waals surface area (Å²) in [6.45, 7) is 9.52. The number of ether oxygens (including phenoxy) is 2. The van der Waals surface area contributed by atoms with E-state index in [4.69, 9.17) is 39.6 Å². The second-order valence-corrected chi connectivity index (χ2v) is 14.5. The SMILES string of the molecule is Cc1cc(OCC2CCN(C(=O)OC(C)(C)C)CC2)c2oc(Nc3ccc(-c4nn(C5CCCC5)c5ncnc(N)c45)cc3)nc2c1.O=C(O)C(F)(F)F. The first-order valence-electron chi connectivity index (χ1n) is 17.7. The van der Waals surface area contributed by atoms with E-state index in [9.17, 15) is 18.0 Å². The number of benzene rings is 2. The Morgan fingerprint density at radius 1 is 1.04 bits per heavy atom. The normalized spacial score (nSPS) is 15.6. The predicted octanol–water partition coefficient (Wildman–Crippen LogP) is 8.04. The van der Waals surface area contributed by atoms with Crippen LogP contribution in [0.25, 0.3) is 33.4 Å². The number of aliphatic carboxylic acids is 1. The third-order valence-electron chi connectivity index (χ3n) is 9.18. The number of hydrogen-bond acceptors (Lipinski definition) is 11. The number of amides is 1. The molecule has 288 valence electrons. The largest absolute Gasteiger partial charge is 0.490 e. The number of nitrogen functional groups attached to an aromatic ring is 1. The van der Waals surface area contributed by atoms with Gasteiger partial charge < -0.3 is 34.9 Å². The van der Waals surface area contributed by atoms with Crippen molar-refractivity contribution >= 4 is 51.7 Å². The van der Waals surface area contributed by atoms with Gasteiger partial charge in [-0.2, -0.15) is 23.3 Å². The van der Waals surface area contributed by atoms with Gasteiger partial charge >= 0.3 is 18.2 Å². The van der Waals surface area contributed by atoms with Gasteiger partial charge in [-0.25, -0.2) is 24.2 Å². The molecule has 0 unspecified atom stereocenters. The summed E-state index contributed by atoms with van der Waals surface area (Å²) in [5.74, 6) is -1.34. The number of alkyl halides is 3. The molecule has 5 aromatic rings. The Morgan fingerprint density at radius 3 is 2.33 bits per heavy atom. The summed E-state index contributed by atoms with van der Waals surface area (Å²) in [4.78, 5) is 36.6. The van der Waals surface area contributed by atoms with Gasteiger partial charge in [0, 0.05) is 24.3 Å². The van der Waals surface area contributed by atoms with Crippen molar-refractivity contribution in [1.29, 1.82) is 0 Å². The molecule has 2 aromatic carbocycles. The summed E-state index contributed by atoms with van der Waals surface area (Å²) in [5, 5.41) is 16.2. The summed E-state index contributed by atoms with van der Waals surface area (Å²) in [6, 6.07) is 12.6. The van der Waals surface area contributed by atoms with Crippen LogP contribution >= 0.6 is 0 Å². The van der Waals surface area contributed by atoms with Gasteiger partial charge in [-0.3, -0.25) is 0 Å². The molecule has 1 saturated carbocycles. The maximum Gasteiger partial charge on any atom is 0.490 e. The van der Waals surface area contributed by atoms with Crippen LogP contribution in [0.5, 0.6) is 5.75 Å². The van der Waals surface area contributed by atoms with Gasteiger partial charge in [0.2, 0.25) is 0 Å². The van der Waals surface area contributed by atoms with Gasteiger partial charge in [0.15, 0.2) is 17.0 Å². The maximum absolute atomic E-state index is 12.4. The third kappa shape index (κ3) is 8.94. The van der Waals surface area contributed by atoms with Crippen LogP contribution in [-0.4, -0.2) is 78.3 Å². The lowest BCUT2D eigenvalue weighted by Gasteiger charge is -2.33. The molecule has 4 N–H and O–H groups in total. The van der Waals surface area contributed by atoms with Crippen LogP contribution in [-0.2, 0) is 9.53 Å². The molecule has 2 aliphatic rings. The molecule has 54 heavy (non-hydrogen) atoms. The van der Waals surface area contributed by atoms with Crippen molar-refractivity contribution in [3.8, 4) is 17.0 Å². The van der Waals surface area contributed by atoms with Crippen molar-refractivity contribution in [2.45, 2.75) is 84.0 Å². The first kappa shape index (κ1) is 38.1. The Hall–Kier alpha value is -5.61. The molecule has 14 nitrogen and oxygen atoms in total. The zero-order valence-electron chi connectivity index (χ0n) is 30.4. The number of carboxylic acid groups (broad SMARTS) is 1. The second-order valence-electron chi connectivity index (χ2n) is 14.5. The molecule has 0 spiro atoms. The highest BCUT2D eigenvalue weighted by Gasteiger charge is 2.38. The molecule has 1 aliphatic carbocycles. The molecule has 3 aromatic heterocycles. The summed E-state index contributed by atoms with van der Waals surface area (Å²) in [7, 11) is 0. The van der Waals surface area contributed by atoms with Crippen molar-refractivity contribution in [3.05, 3.63) is 48.3 Å². The van der Waals surface area contributed by atoms with Gasteiger partial charge in [-0.05, 0) is 89.1 Å². The van der Waals surface area contributed by atoms with Crippen LogP contribution < -0.4 is 15.8 Å². The topological polar surface area (TPSA) is 184 Å². The highest BCUT2D eigenvalue weighted by molar-refractivity contribution is 5.98. The van der Waals surface area contributed by atoms with Crippen LogP contribution in [0.4, 0.5) is 35.5 Å². The van der Waals surface area contributed by atoms with E-state index < -0.39 is 17.7 Å². The average molecular weight is 753 g/mol. The van der Waals surface area contributed by atoms with E-state index in [1.807, 2.05) is 68.8 Å². The number of anilines is 3. The zero-order chi connectivity index (χ0) is 38.8. The number of aromatic nitrogens is 5. The molecule has 0 bridgehead atoms. The number of piperidine rings is 1. The van der Waals surface area contributed by atoms with E-state index in [2.05, 4.69) is 15.3 Å². The zero-order valence-corrected chi connectivity index (χ0v) is 30.4. The lowest BCUT2D eigenvalue weighted by atomic mass is 9.98. The van der Waals surface area contributed by atoms with E-state index in [-0.39, 0.29) is 6.09 Å². The Kier molecular flexibility index (Phi) is 10.9. The van der Waals surface area contributed by atoms with Gasteiger partial charge in [0.05, 0.1) is 18.0 Å². The van der Waals surface area contributed by atoms with Crippen molar-refractivity contribution in [2.24, 2.45) is 5.92 Å². The molecular weight excluding hydrogens is 709 g/mol. The molecule has 17 heteroatoms. The number of hydrogen-bond donors (Lipinski definition) is 3. The van der Waals surface area contributed by atoms with Crippen LogP contribution in [0.15, 0.2) is 47.1 Å². The van der Waals surface area contributed by atoms with Crippen LogP contribution in [0.1, 0.15) is 70.9 Å². The molecule has 7 rings (SSSR count). The van der Waals surface area contributed by atoms with Crippen molar-refractivity contribution < 1.29 is 41.8 Å². The van der Waals surface area contributed by atoms with Crippen LogP contribution in [0, 0.1) is 12.8 Å². The van der Waals surface area contributed by atoms with Gasteiger partial charge in [-0.15, -0.1) is 0 Å². The van der Waals surface area contributed by atoms with Crippen LogP contribution in [0.2, 0.25) is 0 Å². The summed E-state index contributed by atoms with van der Waals surface area (Å²) in [5.41, 5.74) is 11.5. The number of nitrogens with two attached hydrogens (primary N) is 1. The maximum atomic E-state index is 12.4. The Bertz CT molecular complexity index is 2110. The second kappa shape index (κ2) is 15.4. The van der Waals surface area contributed by atoms with E-state index in [0.29, 0.717) is 54.8 Å². The molecule has 1 saturated heterocycles. The smallest absolute Gasteiger partial charge is 0.489 e. The number of halogens is 3. The average Bonchev–Trinajstić information content (AvgIpc) is 3.86. The number of oxazole rings is 1. The molecule has 0 atom stereocenters. The number of fused-ring (bicyclic) bond motifs is 2. The number of carbonyl (C=O) groups is 2. The van der Waals surface area contributed by atoms with Gasteiger partial charge in [-0.1, -0.05) is 25.0 Å². The molecule has 1 aliphatic heterocycles. The van der Waals surface area contributed by atoms with Crippen LogP contribution in [0.3, 0.4) is 0 Å². The Labute approximate surface area is 308 Å². The van der Waals surface area contributed by atoms with Gasteiger partial charge in [0.25, 0.3) is 6.01 Å².